The van der Waals surface area contributed by atoms with E-state index in [1.165, 1.54) is 0 Å². The van der Waals surface area contributed by atoms with Gasteiger partial charge < -0.3 is 15.4 Å². The highest BCUT2D eigenvalue weighted by Crippen LogP contribution is 2.19. The molecule has 24 heavy (non-hydrogen) atoms. The van der Waals surface area contributed by atoms with Gasteiger partial charge in [-0.1, -0.05) is 33.6 Å². The Hall–Kier alpha value is -2.34. The summed E-state index contributed by atoms with van der Waals surface area (Å²) in [7, 11) is 0. The van der Waals surface area contributed by atoms with Crippen molar-refractivity contribution in [3.05, 3.63) is 58.1 Å². The number of amides is 2. The fourth-order valence-electron chi connectivity index (χ4n) is 1.98. The summed E-state index contributed by atoms with van der Waals surface area (Å²) in [5, 5.41) is 5.29. The van der Waals surface area contributed by atoms with Crippen molar-refractivity contribution in [3.63, 3.8) is 0 Å². The monoisotopic (exact) mass is 390 g/mol. The van der Waals surface area contributed by atoms with Crippen molar-refractivity contribution in [2.24, 2.45) is 0 Å². The molecule has 126 valence electrons. The van der Waals surface area contributed by atoms with Gasteiger partial charge in [-0.2, -0.15) is 0 Å². The van der Waals surface area contributed by atoms with Gasteiger partial charge in [0, 0.05) is 10.2 Å². The van der Waals surface area contributed by atoms with Gasteiger partial charge in [0.1, 0.15) is 5.75 Å². The van der Waals surface area contributed by atoms with Gasteiger partial charge in [-0.05, 0) is 49.7 Å². The molecular weight excluding hydrogens is 372 g/mol. The molecule has 2 rings (SSSR count). The molecule has 6 heteroatoms. The number of carbonyl (C=O) groups is 2. The van der Waals surface area contributed by atoms with Crippen LogP contribution >= 0.6 is 15.9 Å². The molecule has 0 saturated heterocycles. The molecule has 0 fully saturated rings. The van der Waals surface area contributed by atoms with Crippen LogP contribution in [-0.4, -0.2) is 25.0 Å². The standard InChI is InChI=1S/C18H19BrN2O3/c1-12-3-6-15(7-4-12)24-11-18(23)20-10-17(22)21-16-8-5-14(19)9-13(16)2/h3-9H,10-11H2,1-2H3,(H,20,23)(H,21,22). The second-order valence-electron chi connectivity index (χ2n) is 5.39. The molecule has 0 aliphatic carbocycles. The number of nitrogens with one attached hydrogen (secondary N) is 2. The maximum atomic E-state index is 11.9. The van der Waals surface area contributed by atoms with E-state index in [-0.39, 0.29) is 25.0 Å². The average Bonchev–Trinajstić information content (AvgIpc) is 2.55. The first-order valence-electron chi connectivity index (χ1n) is 7.46. The summed E-state index contributed by atoms with van der Waals surface area (Å²) >= 11 is 3.37. The number of halogens is 1. The van der Waals surface area contributed by atoms with Crippen molar-refractivity contribution in [2.45, 2.75) is 13.8 Å². The van der Waals surface area contributed by atoms with E-state index in [1.54, 1.807) is 18.2 Å². The molecule has 0 spiro atoms. The lowest BCUT2D eigenvalue weighted by molar-refractivity contribution is -0.125. The Balaban J connectivity index is 1.74. The zero-order valence-electron chi connectivity index (χ0n) is 13.6. The van der Waals surface area contributed by atoms with E-state index in [9.17, 15) is 9.59 Å². The van der Waals surface area contributed by atoms with Crippen LogP contribution < -0.4 is 15.4 Å². The zero-order chi connectivity index (χ0) is 17.5. The zero-order valence-corrected chi connectivity index (χ0v) is 15.1. The van der Waals surface area contributed by atoms with Gasteiger partial charge in [0.25, 0.3) is 5.91 Å². The quantitative estimate of drug-likeness (QED) is 0.795. The molecule has 0 aliphatic rings. The highest BCUT2D eigenvalue weighted by Gasteiger charge is 2.08. The lowest BCUT2D eigenvalue weighted by Crippen LogP contribution is -2.35. The molecular formula is C18H19BrN2O3. The second kappa shape index (κ2) is 8.49. The van der Waals surface area contributed by atoms with Crippen LogP contribution in [0.15, 0.2) is 46.9 Å². The molecule has 0 aliphatic heterocycles. The molecule has 2 amide bonds. The van der Waals surface area contributed by atoms with Crippen molar-refractivity contribution in [2.75, 3.05) is 18.5 Å². The Labute approximate surface area is 149 Å². The first-order chi connectivity index (χ1) is 11.4. The number of benzene rings is 2. The van der Waals surface area contributed by atoms with Gasteiger partial charge in [-0.15, -0.1) is 0 Å². The predicted octanol–water partition coefficient (Wildman–Crippen LogP) is 3.20. The minimum absolute atomic E-state index is 0.106. The number of ether oxygens (including phenoxy) is 1. The molecule has 0 atom stereocenters. The molecule has 0 unspecified atom stereocenters. The number of carbonyl (C=O) groups excluding carboxylic acids is 2. The Morgan fingerprint density at radius 3 is 2.42 bits per heavy atom. The largest absolute Gasteiger partial charge is 0.484 e. The van der Waals surface area contributed by atoms with Gasteiger partial charge in [-0.3, -0.25) is 9.59 Å². The summed E-state index contributed by atoms with van der Waals surface area (Å²) in [6, 6.07) is 13.0. The van der Waals surface area contributed by atoms with E-state index in [1.807, 2.05) is 38.1 Å². The number of rotatable bonds is 6. The Morgan fingerprint density at radius 1 is 1.04 bits per heavy atom. The first kappa shape index (κ1) is 18.0. The van der Waals surface area contributed by atoms with Crippen LogP contribution in [0.1, 0.15) is 11.1 Å². The lowest BCUT2D eigenvalue weighted by Gasteiger charge is -2.10. The number of anilines is 1. The van der Waals surface area contributed by atoms with Crippen LogP contribution in [0.2, 0.25) is 0 Å². The highest BCUT2D eigenvalue weighted by atomic mass is 79.9. The molecule has 0 heterocycles. The van der Waals surface area contributed by atoms with E-state index < -0.39 is 0 Å². The summed E-state index contributed by atoms with van der Waals surface area (Å²) in [5.41, 5.74) is 2.77. The summed E-state index contributed by atoms with van der Waals surface area (Å²) < 4.78 is 6.30. The number of hydrogen-bond donors (Lipinski definition) is 2. The lowest BCUT2D eigenvalue weighted by atomic mass is 10.2. The fourth-order valence-corrected chi connectivity index (χ4v) is 2.45. The van der Waals surface area contributed by atoms with Crippen molar-refractivity contribution in [3.8, 4) is 5.75 Å². The predicted molar refractivity (Wildman–Crippen MR) is 97.2 cm³/mol. The Bertz CT molecular complexity index is 730. The van der Waals surface area contributed by atoms with Crippen LogP contribution in [0.25, 0.3) is 0 Å². The van der Waals surface area contributed by atoms with E-state index in [4.69, 9.17) is 4.74 Å². The first-order valence-corrected chi connectivity index (χ1v) is 8.25. The third-order valence-electron chi connectivity index (χ3n) is 3.30. The molecule has 0 saturated carbocycles. The van der Waals surface area contributed by atoms with E-state index in [0.29, 0.717) is 11.4 Å². The fraction of sp³-hybridized carbons (Fsp3) is 0.222. The topological polar surface area (TPSA) is 67.4 Å². The maximum Gasteiger partial charge on any atom is 0.258 e. The van der Waals surface area contributed by atoms with Gasteiger partial charge in [0.2, 0.25) is 5.91 Å². The second-order valence-corrected chi connectivity index (χ2v) is 6.30. The average molecular weight is 391 g/mol. The van der Waals surface area contributed by atoms with E-state index in [0.717, 1.165) is 15.6 Å². The number of hydrogen-bond acceptors (Lipinski definition) is 3. The van der Waals surface area contributed by atoms with Gasteiger partial charge in [0.05, 0.1) is 6.54 Å². The van der Waals surface area contributed by atoms with Crippen LogP contribution in [-0.2, 0) is 9.59 Å². The smallest absolute Gasteiger partial charge is 0.258 e. The van der Waals surface area contributed by atoms with Gasteiger partial charge >= 0.3 is 0 Å². The minimum Gasteiger partial charge on any atom is -0.484 e. The van der Waals surface area contributed by atoms with Crippen LogP contribution in [0.4, 0.5) is 5.69 Å². The summed E-state index contributed by atoms with van der Waals surface area (Å²) in [6.45, 7) is 3.63. The molecule has 0 bridgehead atoms. The maximum absolute atomic E-state index is 11.9. The van der Waals surface area contributed by atoms with Crippen molar-refractivity contribution in [1.82, 2.24) is 5.32 Å². The molecule has 0 aromatic heterocycles. The summed E-state index contributed by atoms with van der Waals surface area (Å²) in [4.78, 5) is 23.6. The molecule has 0 radical (unpaired) electrons. The van der Waals surface area contributed by atoms with Crippen LogP contribution in [0.3, 0.4) is 0 Å². The van der Waals surface area contributed by atoms with Gasteiger partial charge in [0.15, 0.2) is 6.61 Å². The molecule has 5 nitrogen and oxygen atoms in total. The van der Waals surface area contributed by atoms with Crippen molar-refractivity contribution in [1.29, 1.82) is 0 Å². The molecule has 2 N–H and O–H groups in total. The van der Waals surface area contributed by atoms with Crippen molar-refractivity contribution >= 4 is 33.4 Å². The summed E-state index contributed by atoms with van der Waals surface area (Å²) in [5.74, 6) is -0.0203. The normalized spacial score (nSPS) is 10.1. The van der Waals surface area contributed by atoms with E-state index >= 15 is 0 Å². The highest BCUT2D eigenvalue weighted by molar-refractivity contribution is 9.10. The van der Waals surface area contributed by atoms with Crippen LogP contribution in [0.5, 0.6) is 5.75 Å². The van der Waals surface area contributed by atoms with Gasteiger partial charge in [-0.25, -0.2) is 0 Å². The third-order valence-corrected chi connectivity index (χ3v) is 3.79. The molecule has 2 aromatic carbocycles. The van der Waals surface area contributed by atoms with E-state index in [2.05, 4.69) is 26.6 Å². The van der Waals surface area contributed by atoms with Crippen LogP contribution in [0, 0.1) is 13.8 Å². The third kappa shape index (κ3) is 5.70. The molecule has 2 aromatic rings. The SMILES string of the molecule is Cc1ccc(OCC(=O)NCC(=O)Nc2ccc(Br)cc2C)cc1. The Morgan fingerprint density at radius 2 is 1.75 bits per heavy atom. The minimum atomic E-state index is -0.349. The summed E-state index contributed by atoms with van der Waals surface area (Å²) in [6.07, 6.45) is 0. The number of aryl methyl sites for hydroxylation is 2. The Kier molecular flexibility index (Phi) is 6.37. The van der Waals surface area contributed by atoms with Crippen molar-refractivity contribution < 1.29 is 14.3 Å².